The number of hydrogen-bond acceptors (Lipinski definition) is 3. The van der Waals surface area contributed by atoms with Crippen LogP contribution in [0.1, 0.15) is 18.5 Å². The van der Waals surface area contributed by atoms with Crippen molar-refractivity contribution in [3.8, 4) is 16.9 Å². The van der Waals surface area contributed by atoms with Crippen LogP contribution in [0.4, 0.5) is 4.39 Å². The molecule has 1 heterocycles. The first-order chi connectivity index (χ1) is 11.2. The van der Waals surface area contributed by atoms with E-state index < -0.39 is 0 Å². The quantitative estimate of drug-likeness (QED) is 0.854. The number of hydrogen-bond donors (Lipinski definition) is 0. The van der Waals surface area contributed by atoms with E-state index in [0.29, 0.717) is 11.8 Å². The van der Waals surface area contributed by atoms with Gasteiger partial charge in [0, 0.05) is 24.7 Å². The van der Waals surface area contributed by atoms with Crippen LogP contribution in [0, 0.1) is 5.82 Å². The van der Waals surface area contributed by atoms with Gasteiger partial charge < -0.3 is 9.47 Å². The molecule has 0 unspecified atom stereocenters. The maximum atomic E-state index is 13.5. The summed E-state index contributed by atoms with van der Waals surface area (Å²) in [5.41, 5.74) is 2.99. The Bertz CT molecular complexity index is 651. The van der Waals surface area contributed by atoms with Crippen molar-refractivity contribution in [3.05, 3.63) is 53.8 Å². The number of benzene rings is 2. The predicted octanol–water partition coefficient (Wildman–Crippen LogP) is 3.89. The molecule has 122 valence electrons. The van der Waals surface area contributed by atoms with Crippen LogP contribution in [0.15, 0.2) is 42.5 Å². The zero-order chi connectivity index (χ0) is 16.2. The lowest BCUT2D eigenvalue weighted by Gasteiger charge is -2.32. The molecule has 0 aromatic heterocycles. The van der Waals surface area contributed by atoms with Crippen molar-refractivity contribution in [2.24, 2.45) is 0 Å². The van der Waals surface area contributed by atoms with E-state index in [1.54, 1.807) is 13.2 Å². The molecule has 3 rings (SSSR count). The van der Waals surface area contributed by atoms with Crippen LogP contribution in [0.3, 0.4) is 0 Å². The summed E-state index contributed by atoms with van der Waals surface area (Å²) in [6, 6.07) is 13.2. The first-order valence-corrected chi connectivity index (χ1v) is 7.94. The summed E-state index contributed by atoms with van der Waals surface area (Å²) in [7, 11) is 1.60. The summed E-state index contributed by atoms with van der Waals surface area (Å²) in [4.78, 5) is 2.42. The van der Waals surface area contributed by atoms with Crippen molar-refractivity contribution in [3.63, 3.8) is 0 Å². The van der Waals surface area contributed by atoms with Gasteiger partial charge in [0.05, 0.1) is 20.3 Å². The molecule has 2 aromatic rings. The number of morpholine rings is 1. The van der Waals surface area contributed by atoms with Crippen LogP contribution in [0.2, 0.25) is 0 Å². The van der Waals surface area contributed by atoms with Gasteiger partial charge in [-0.05, 0) is 36.2 Å². The van der Waals surface area contributed by atoms with Crippen LogP contribution in [-0.4, -0.2) is 38.3 Å². The SMILES string of the molecule is COc1ccc(F)cc1-c1ccc([C@H](C)N2CCOCC2)cc1. The first-order valence-electron chi connectivity index (χ1n) is 7.94. The van der Waals surface area contributed by atoms with Crippen molar-refractivity contribution >= 4 is 0 Å². The molecule has 0 amide bonds. The summed E-state index contributed by atoms with van der Waals surface area (Å²) < 4.78 is 24.3. The third-order valence-corrected chi connectivity index (χ3v) is 4.46. The van der Waals surface area contributed by atoms with E-state index in [2.05, 4.69) is 24.0 Å². The molecule has 0 spiro atoms. The lowest BCUT2D eigenvalue weighted by atomic mass is 9.99. The molecule has 1 atom stereocenters. The van der Waals surface area contributed by atoms with E-state index in [1.807, 2.05) is 12.1 Å². The van der Waals surface area contributed by atoms with Gasteiger partial charge in [0.25, 0.3) is 0 Å². The maximum Gasteiger partial charge on any atom is 0.126 e. The largest absolute Gasteiger partial charge is 0.496 e. The predicted molar refractivity (Wildman–Crippen MR) is 89.2 cm³/mol. The van der Waals surface area contributed by atoms with Gasteiger partial charge in [-0.2, -0.15) is 0 Å². The molecule has 0 bridgehead atoms. The molecule has 0 N–H and O–H groups in total. The standard InChI is InChI=1S/C19H22FNO2/c1-14(21-9-11-23-12-10-21)15-3-5-16(6-4-15)18-13-17(20)7-8-19(18)22-2/h3-8,13-14H,9-12H2,1-2H3/t14-/m0/s1. The molecular weight excluding hydrogens is 293 g/mol. The highest BCUT2D eigenvalue weighted by Crippen LogP contribution is 2.32. The smallest absolute Gasteiger partial charge is 0.126 e. The molecule has 1 aliphatic heterocycles. The van der Waals surface area contributed by atoms with Gasteiger partial charge in [0.15, 0.2) is 0 Å². The molecule has 1 fully saturated rings. The van der Waals surface area contributed by atoms with E-state index in [4.69, 9.17) is 9.47 Å². The van der Waals surface area contributed by atoms with Gasteiger partial charge in [-0.25, -0.2) is 4.39 Å². The Morgan fingerprint density at radius 1 is 1.09 bits per heavy atom. The molecule has 4 heteroatoms. The molecule has 0 aliphatic carbocycles. The summed E-state index contributed by atoms with van der Waals surface area (Å²) in [6.45, 7) is 5.72. The molecule has 2 aromatic carbocycles. The highest BCUT2D eigenvalue weighted by molar-refractivity contribution is 5.70. The lowest BCUT2D eigenvalue weighted by molar-refractivity contribution is 0.0198. The second-order valence-corrected chi connectivity index (χ2v) is 5.79. The highest BCUT2D eigenvalue weighted by atomic mass is 19.1. The molecule has 1 saturated heterocycles. The molecule has 0 radical (unpaired) electrons. The molecular formula is C19H22FNO2. The second kappa shape index (κ2) is 7.11. The van der Waals surface area contributed by atoms with E-state index in [1.165, 1.54) is 17.7 Å². The number of rotatable bonds is 4. The van der Waals surface area contributed by atoms with Crippen LogP contribution in [0.5, 0.6) is 5.75 Å². The lowest BCUT2D eigenvalue weighted by Crippen LogP contribution is -2.37. The second-order valence-electron chi connectivity index (χ2n) is 5.79. The average Bonchev–Trinajstić information content (AvgIpc) is 2.62. The van der Waals surface area contributed by atoms with Crippen molar-refractivity contribution < 1.29 is 13.9 Å². The van der Waals surface area contributed by atoms with E-state index >= 15 is 0 Å². The minimum atomic E-state index is -0.258. The normalized spacial score (nSPS) is 17.0. The number of methoxy groups -OCH3 is 1. The van der Waals surface area contributed by atoms with Gasteiger partial charge in [-0.3, -0.25) is 4.90 Å². The van der Waals surface area contributed by atoms with Gasteiger partial charge in [-0.15, -0.1) is 0 Å². The highest BCUT2D eigenvalue weighted by Gasteiger charge is 2.18. The van der Waals surface area contributed by atoms with E-state index in [0.717, 1.165) is 37.4 Å². The zero-order valence-corrected chi connectivity index (χ0v) is 13.6. The fraction of sp³-hybridized carbons (Fsp3) is 0.368. The topological polar surface area (TPSA) is 21.7 Å². The number of halogens is 1. The van der Waals surface area contributed by atoms with Crippen LogP contribution >= 0.6 is 0 Å². The third kappa shape index (κ3) is 3.54. The first kappa shape index (κ1) is 16.0. The molecule has 1 aliphatic rings. The Labute approximate surface area is 136 Å². The summed E-state index contributed by atoms with van der Waals surface area (Å²) in [5.74, 6) is 0.423. The van der Waals surface area contributed by atoms with Crippen molar-refractivity contribution in [2.45, 2.75) is 13.0 Å². The monoisotopic (exact) mass is 315 g/mol. The fourth-order valence-corrected chi connectivity index (χ4v) is 3.02. The molecule has 0 saturated carbocycles. The van der Waals surface area contributed by atoms with Crippen molar-refractivity contribution in [1.29, 1.82) is 0 Å². The van der Waals surface area contributed by atoms with Crippen molar-refractivity contribution in [2.75, 3.05) is 33.4 Å². The Balaban J connectivity index is 1.83. The number of ether oxygens (including phenoxy) is 2. The zero-order valence-electron chi connectivity index (χ0n) is 13.6. The van der Waals surface area contributed by atoms with E-state index in [9.17, 15) is 4.39 Å². The number of nitrogens with zero attached hydrogens (tertiary/aromatic N) is 1. The Morgan fingerprint density at radius 2 is 1.78 bits per heavy atom. The van der Waals surface area contributed by atoms with Gasteiger partial charge in [0.1, 0.15) is 11.6 Å². The minimum absolute atomic E-state index is 0.258. The van der Waals surface area contributed by atoms with Gasteiger partial charge in [0.2, 0.25) is 0 Å². The molecule has 23 heavy (non-hydrogen) atoms. The fourth-order valence-electron chi connectivity index (χ4n) is 3.02. The Kier molecular flexibility index (Phi) is 4.94. The summed E-state index contributed by atoms with van der Waals surface area (Å²) >= 11 is 0. The summed E-state index contributed by atoms with van der Waals surface area (Å²) in [6.07, 6.45) is 0. The van der Waals surface area contributed by atoms with Crippen LogP contribution in [-0.2, 0) is 4.74 Å². The molecule has 3 nitrogen and oxygen atoms in total. The maximum absolute atomic E-state index is 13.5. The third-order valence-electron chi connectivity index (χ3n) is 4.46. The Hall–Kier alpha value is -1.91. The van der Waals surface area contributed by atoms with E-state index in [-0.39, 0.29) is 5.82 Å². The van der Waals surface area contributed by atoms with Gasteiger partial charge in [-0.1, -0.05) is 24.3 Å². The van der Waals surface area contributed by atoms with Gasteiger partial charge >= 0.3 is 0 Å². The van der Waals surface area contributed by atoms with Crippen LogP contribution < -0.4 is 4.74 Å². The Morgan fingerprint density at radius 3 is 2.43 bits per heavy atom. The minimum Gasteiger partial charge on any atom is -0.496 e. The summed E-state index contributed by atoms with van der Waals surface area (Å²) in [5, 5.41) is 0. The van der Waals surface area contributed by atoms with Crippen molar-refractivity contribution in [1.82, 2.24) is 4.90 Å². The van der Waals surface area contributed by atoms with Crippen LogP contribution in [0.25, 0.3) is 11.1 Å². The average molecular weight is 315 g/mol.